The average Bonchev–Trinajstić information content (AvgIpc) is 2.54. The van der Waals surface area contributed by atoms with Crippen LogP contribution in [0, 0.1) is 18.8 Å². The van der Waals surface area contributed by atoms with E-state index in [4.69, 9.17) is 4.74 Å². The van der Waals surface area contributed by atoms with Crippen LogP contribution in [0.3, 0.4) is 0 Å². The summed E-state index contributed by atoms with van der Waals surface area (Å²) in [5.74, 6) is 2.38. The second-order valence-corrected chi connectivity index (χ2v) is 6.97. The molecule has 1 fully saturated rings. The molecule has 1 aliphatic rings. The molecule has 1 aliphatic carbocycles. The molecule has 4 heteroatoms. The van der Waals surface area contributed by atoms with Gasteiger partial charge in [0.2, 0.25) is 5.88 Å². The van der Waals surface area contributed by atoms with Gasteiger partial charge in [0.05, 0.1) is 17.7 Å². The number of hydrogen-bond donors (Lipinski definition) is 0. The van der Waals surface area contributed by atoms with E-state index >= 15 is 0 Å². The van der Waals surface area contributed by atoms with E-state index in [2.05, 4.69) is 30.7 Å². The van der Waals surface area contributed by atoms with E-state index in [0.717, 1.165) is 48.5 Å². The summed E-state index contributed by atoms with van der Waals surface area (Å²) in [4.78, 5) is 11.1. The molecule has 1 saturated carbocycles. The summed E-state index contributed by atoms with van der Waals surface area (Å²) in [6, 6.07) is 3.94. The number of hydrogen-bond acceptors (Lipinski definition) is 3. The van der Waals surface area contributed by atoms with Crippen LogP contribution >= 0.6 is 0 Å². The van der Waals surface area contributed by atoms with Gasteiger partial charge in [-0.1, -0.05) is 13.8 Å². The zero-order valence-corrected chi connectivity index (χ0v) is 15.2. The van der Waals surface area contributed by atoms with Crippen LogP contribution in [0.25, 0.3) is 0 Å². The fraction of sp³-hybridized carbons (Fsp3) is 0.684. The van der Waals surface area contributed by atoms with Crippen molar-refractivity contribution in [3.63, 3.8) is 0 Å². The minimum Gasteiger partial charge on any atom is -0.474 e. The van der Waals surface area contributed by atoms with Gasteiger partial charge in [0, 0.05) is 19.7 Å². The predicted octanol–water partition coefficient (Wildman–Crippen LogP) is 4.60. The van der Waals surface area contributed by atoms with Crippen molar-refractivity contribution in [2.75, 3.05) is 13.6 Å². The van der Waals surface area contributed by atoms with E-state index in [-0.39, 0.29) is 0 Å². The van der Waals surface area contributed by atoms with Crippen molar-refractivity contribution >= 4 is 12.0 Å². The van der Waals surface area contributed by atoms with Crippen molar-refractivity contribution in [2.24, 2.45) is 16.8 Å². The van der Waals surface area contributed by atoms with Gasteiger partial charge in [-0.2, -0.15) is 0 Å². The standard InChI is InChI=1S/C19H31N3O/c1-6-22(5)13-20-18-11-12-19(21-15(18)4)23-17-9-7-16(8-10-17)14(2)3/h11-14,16-17H,6-10H2,1-5H3/b20-13+/t16-,17-. The lowest BCUT2D eigenvalue weighted by Gasteiger charge is -2.30. The number of rotatable bonds is 6. The topological polar surface area (TPSA) is 37.7 Å². The minimum absolute atomic E-state index is 0.317. The van der Waals surface area contributed by atoms with Gasteiger partial charge < -0.3 is 9.64 Å². The minimum atomic E-state index is 0.317. The summed E-state index contributed by atoms with van der Waals surface area (Å²) < 4.78 is 6.09. The number of ether oxygens (including phenoxy) is 1. The number of pyridine rings is 1. The molecule has 0 radical (unpaired) electrons. The highest BCUT2D eigenvalue weighted by atomic mass is 16.5. The molecule has 4 nitrogen and oxygen atoms in total. The number of aliphatic imine (C=N–C) groups is 1. The van der Waals surface area contributed by atoms with Crippen LogP contribution in [0.4, 0.5) is 5.69 Å². The Morgan fingerprint density at radius 3 is 2.57 bits per heavy atom. The summed E-state index contributed by atoms with van der Waals surface area (Å²) in [6.07, 6.45) is 6.99. The third kappa shape index (κ3) is 5.22. The first-order chi connectivity index (χ1) is 11.0. The molecule has 1 heterocycles. The average molecular weight is 317 g/mol. The van der Waals surface area contributed by atoms with Crippen molar-refractivity contribution in [1.29, 1.82) is 0 Å². The molecule has 2 rings (SSSR count). The van der Waals surface area contributed by atoms with E-state index in [1.165, 1.54) is 12.8 Å². The Kier molecular flexibility index (Phi) is 6.43. The molecule has 1 aromatic heterocycles. The van der Waals surface area contributed by atoms with Gasteiger partial charge in [0.15, 0.2) is 0 Å². The van der Waals surface area contributed by atoms with E-state index in [0.29, 0.717) is 6.10 Å². The molecule has 0 unspecified atom stereocenters. The second-order valence-electron chi connectivity index (χ2n) is 6.97. The lowest BCUT2D eigenvalue weighted by molar-refractivity contribution is 0.112. The summed E-state index contributed by atoms with van der Waals surface area (Å²) in [5.41, 5.74) is 1.82. The molecule has 0 bridgehead atoms. The first kappa shape index (κ1) is 17.8. The molecular weight excluding hydrogens is 286 g/mol. The third-order valence-electron chi connectivity index (χ3n) is 4.87. The molecule has 0 spiro atoms. The Bertz CT molecular complexity index is 519. The van der Waals surface area contributed by atoms with Crippen LogP contribution < -0.4 is 4.74 Å². The maximum Gasteiger partial charge on any atom is 0.213 e. The van der Waals surface area contributed by atoms with Crippen molar-refractivity contribution < 1.29 is 4.74 Å². The van der Waals surface area contributed by atoms with E-state index in [9.17, 15) is 0 Å². The summed E-state index contributed by atoms with van der Waals surface area (Å²) in [6.45, 7) is 9.68. The van der Waals surface area contributed by atoms with Crippen LogP contribution in [0.15, 0.2) is 17.1 Å². The largest absolute Gasteiger partial charge is 0.474 e. The van der Waals surface area contributed by atoms with Gasteiger partial charge in [0.25, 0.3) is 0 Å². The molecule has 0 aromatic carbocycles. The summed E-state index contributed by atoms with van der Waals surface area (Å²) >= 11 is 0. The Hall–Kier alpha value is -1.58. The fourth-order valence-electron chi connectivity index (χ4n) is 3.02. The van der Waals surface area contributed by atoms with Crippen LogP contribution in [0.5, 0.6) is 5.88 Å². The Balaban J connectivity index is 1.92. The van der Waals surface area contributed by atoms with Gasteiger partial charge in [-0.3, -0.25) is 0 Å². The Morgan fingerprint density at radius 2 is 2.00 bits per heavy atom. The van der Waals surface area contributed by atoms with Crippen molar-refractivity contribution in [3.8, 4) is 5.88 Å². The zero-order valence-electron chi connectivity index (χ0n) is 15.2. The molecule has 0 aliphatic heterocycles. The smallest absolute Gasteiger partial charge is 0.213 e. The van der Waals surface area contributed by atoms with E-state index in [1.807, 2.05) is 37.3 Å². The number of aromatic nitrogens is 1. The second kappa shape index (κ2) is 8.32. The van der Waals surface area contributed by atoms with Crippen molar-refractivity contribution in [3.05, 3.63) is 17.8 Å². The normalized spacial score (nSPS) is 21.8. The van der Waals surface area contributed by atoms with Crippen molar-refractivity contribution in [1.82, 2.24) is 9.88 Å². The first-order valence-corrected chi connectivity index (χ1v) is 8.88. The van der Waals surface area contributed by atoms with Gasteiger partial charge in [-0.15, -0.1) is 0 Å². The summed E-state index contributed by atoms with van der Waals surface area (Å²) in [5, 5.41) is 0. The highest BCUT2D eigenvalue weighted by molar-refractivity contribution is 5.62. The molecule has 0 N–H and O–H groups in total. The van der Waals surface area contributed by atoms with Gasteiger partial charge >= 0.3 is 0 Å². The van der Waals surface area contributed by atoms with Crippen LogP contribution in [-0.4, -0.2) is 35.9 Å². The first-order valence-electron chi connectivity index (χ1n) is 8.88. The van der Waals surface area contributed by atoms with Crippen LogP contribution in [-0.2, 0) is 0 Å². The van der Waals surface area contributed by atoms with Gasteiger partial charge in [-0.25, -0.2) is 9.98 Å². The molecule has 1 aromatic rings. The highest BCUT2D eigenvalue weighted by Crippen LogP contribution is 2.32. The zero-order chi connectivity index (χ0) is 16.8. The SMILES string of the molecule is CCN(C)/C=N/c1ccc(O[C@H]2CC[C@H](C(C)C)CC2)nc1C. The van der Waals surface area contributed by atoms with Crippen LogP contribution in [0.2, 0.25) is 0 Å². The molecule has 0 saturated heterocycles. The van der Waals surface area contributed by atoms with E-state index in [1.54, 1.807) is 0 Å². The fourth-order valence-corrected chi connectivity index (χ4v) is 3.02. The molecule has 128 valence electrons. The quantitative estimate of drug-likeness (QED) is 0.568. The molecule has 0 atom stereocenters. The maximum absolute atomic E-state index is 6.09. The number of nitrogens with zero attached hydrogens (tertiary/aromatic N) is 3. The Labute approximate surface area is 141 Å². The van der Waals surface area contributed by atoms with Crippen LogP contribution in [0.1, 0.15) is 52.1 Å². The third-order valence-corrected chi connectivity index (χ3v) is 4.87. The molecule has 0 amide bonds. The number of aryl methyl sites for hydroxylation is 1. The predicted molar refractivity (Wildman–Crippen MR) is 96.6 cm³/mol. The lowest BCUT2D eigenvalue weighted by Crippen LogP contribution is -2.26. The molecular formula is C19H31N3O. The highest BCUT2D eigenvalue weighted by Gasteiger charge is 2.24. The Morgan fingerprint density at radius 1 is 1.30 bits per heavy atom. The maximum atomic E-state index is 6.09. The van der Waals surface area contributed by atoms with Crippen molar-refractivity contribution in [2.45, 2.75) is 59.5 Å². The molecule has 23 heavy (non-hydrogen) atoms. The van der Waals surface area contributed by atoms with E-state index < -0.39 is 0 Å². The summed E-state index contributed by atoms with van der Waals surface area (Å²) in [7, 11) is 2.01. The van der Waals surface area contributed by atoms with Gasteiger partial charge in [-0.05, 0) is 57.4 Å². The van der Waals surface area contributed by atoms with Gasteiger partial charge in [0.1, 0.15) is 6.10 Å². The lowest BCUT2D eigenvalue weighted by atomic mass is 9.80. The monoisotopic (exact) mass is 317 g/mol.